The van der Waals surface area contributed by atoms with E-state index in [2.05, 4.69) is 9.72 Å². The Labute approximate surface area is 102 Å². The average Bonchev–Trinajstić information content (AvgIpc) is 2.29. The third kappa shape index (κ3) is 3.00. The van der Waals surface area contributed by atoms with E-state index in [0.29, 0.717) is 11.1 Å². The quantitative estimate of drug-likeness (QED) is 0.808. The first kappa shape index (κ1) is 12.4. The molecule has 0 saturated carbocycles. The standard InChI is InChI=1S/C13H10F3NO/c1-9-6-7-10(8-17-9)11-4-2-3-5-12(11)18-13(14,15)16/h2-8H,1H3. The molecule has 0 saturated heterocycles. The van der Waals surface area contributed by atoms with Crippen molar-refractivity contribution in [1.82, 2.24) is 4.98 Å². The summed E-state index contributed by atoms with van der Waals surface area (Å²) in [4.78, 5) is 4.06. The van der Waals surface area contributed by atoms with Crippen LogP contribution < -0.4 is 4.74 Å². The van der Waals surface area contributed by atoms with Crippen LogP contribution in [0.3, 0.4) is 0 Å². The minimum absolute atomic E-state index is 0.226. The number of halogens is 3. The van der Waals surface area contributed by atoms with Crippen molar-refractivity contribution in [3.63, 3.8) is 0 Å². The van der Waals surface area contributed by atoms with Crippen LogP contribution in [0.5, 0.6) is 5.75 Å². The third-order valence-corrected chi connectivity index (χ3v) is 2.34. The van der Waals surface area contributed by atoms with Crippen LogP contribution in [0.2, 0.25) is 0 Å². The van der Waals surface area contributed by atoms with Gasteiger partial charge in [-0.25, -0.2) is 0 Å². The van der Waals surface area contributed by atoms with Crippen LogP contribution >= 0.6 is 0 Å². The lowest BCUT2D eigenvalue weighted by Crippen LogP contribution is -2.17. The molecule has 0 aliphatic rings. The second kappa shape index (κ2) is 4.68. The van der Waals surface area contributed by atoms with Gasteiger partial charge in [0.25, 0.3) is 0 Å². The molecule has 0 atom stereocenters. The molecule has 1 aromatic carbocycles. The number of rotatable bonds is 2. The SMILES string of the molecule is Cc1ccc(-c2ccccc2OC(F)(F)F)cn1. The van der Waals surface area contributed by atoms with E-state index in [0.717, 1.165) is 5.69 Å². The van der Waals surface area contributed by atoms with Crippen molar-refractivity contribution in [1.29, 1.82) is 0 Å². The molecule has 94 valence electrons. The first-order valence-electron chi connectivity index (χ1n) is 5.23. The van der Waals surface area contributed by atoms with E-state index in [9.17, 15) is 13.2 Å². The molecule has 0 aliphatic heterocycles. The first-order valence-corrected chi connectivity index (χ1v) is 5.23. The number of hydrogen-bond acceptors (Lipinski definition) is 2. The van der Waals surface area contributed by atoms with Gasteiger partial charge in [-0.2, -0.15) is 0 Å². The van der Waals surface area contributed by atoms with Crippen LogP contribution in [-0.2, 0) is 0 Å². The van der Waals surface area contributed by atoms with Gasteiger partial charge in [-0.15, -0.1) is 13.2 Å². The molecule has 0 radical (unpaired) electrons. The van der Waals surface area contributed by atoms with Gasteiger partial charge >= 0.3 is 6.36 Å². The highest BCUT2D eigenvalue weighted by molar-refractivity contribution is 5.69. The summed E-state index contributed by atoms with van der Waals surface area (Å²) in [6.45, 7) is 1.81. The molecule has 0 aliphatic carbocycles. The fourth-order valence-electron chi connectivity index (χ4n) is 1.55. The maximum atomic E-state index is 12.3. The summed E-state index contributed by atoms with van der Waals surface area (Å²) >= 11 is 0. The number of aromatic nitrogens is 1. The van der Waals surface area contributed by atoms with Crippen LogP contribution in [0.4, 0.5) is 13.2 Å². The van der Waals surface area contributed by atoms with E-state index in [1.807, 2.05) is 6.92 Å². The van der Waals surface area contributed by atoms with Crippen molar-refractivity contribution >= 4 is 0 Å². The highest BCUT2D eigenvalue weighted by atomic mass is 19.4. The lowest BCUT2D eigenvalue weighted by atomic mass is 10.1. The summed E-state index contributed by atoms with van der Waals surface area (Å²) in [6.07, 6.45) is -3.18. The van der Waals surface area contributed by atoms with Gasteiger partial charge in [0.2, 0.25) is 0 Å². The molecule has 0 amide bonds. The predicted octanol–water partition coefficient (Wildman–Crippen LogP) is 3.96. The number of aryl methyl sites for hydroxylation is 1. The second-order valence-corrected chi connectivity index (χ2v) is 3.73. The Balaban J connectivity index is 2.41. The minimum atomic E-state index is -4.70. The zero-order valence-electron chi connectivity index (χ0n) is 9.53. The molecule has 2 rings (SSSR count). The van der Waals surface area contributed by atoms with Gasteiger partial charge in [0.1, 0.15) is 5.75 Å². The Kier molecular flexibility index (Phi) is 3.23. The van der Waals surface area contributed by atoms with Crippen molar-refractivity contribution in [3.05, 3.63) is 48.3 Å². The number of benzene rings is 1. The summed E-state index contributed by atoms with van der Waals surface area (Å²) in [6, 6.07) is 9.43. The molecular formula is C13H10F3NO. The summed E-state index contributed by atoms with van der Waals surface area (Å²) in [5, 5.41) is 0. The largest absolute Gasteiger partial charge is 0.573 e. The maximum Gasteiger partial charge on any atom is 0.573 e. The molecule has 0 spiro atoms. The van der Waals surface area contributed by atoms with Crippen LogP contribution in [0.25, 0.3) is 11.1 Å². The van der Waals surface area contributed by atoms with Crippen molar-refractivity contribution in [2.45, 2.75) is 13.3 Å². The fraction of sp³-hybridized carbons (Fsp3) is 0.154. The first-order chi connectivity index (χ1) is 8.46. The van der Waals surface area contributed by atoms with Gasteiger partial charge in [-0.3, -0.25) is 4.98 Å². The smallest absolute Gasteiger partial charge is 0.405 e. The minimum Gasteiger partial charge on any atom is -0.405 e. The van der Waals surface area contributed by atoms with E-state index in [1.165, 1.54) is 18.3 Å². The van der Waals surface area contributed by atoms with Crippen molar-refractivity contribution in [2.24, 2.45) is 0 Å². The second-order valence-electron chi connectivity index (χ2n) is 3.73. The number of ether oxygens (including phenoxy) is 1. The number of alkyl halides is 3. The Morgan fingerprint density at radius 3 is 2.39 bits per heavy atom. The van der Waals surface area contributed by atoms with Gasteiger partial charge in [-0.1, -0.05) is 24.3 Å². The van der Waals surface area contributed by atoms with Gasteiger partial charge in [0.05, 0.1) is 0 Å². The molecule has 0 unspecified atom stereocenters. The van der Waals surface area contributed by atoms with Gasteiger partial charge in [0.15, 0.2) is 0 Å². The van der Waals surface area contributed by atoms with Crippen molar-refractivity contribution < 1.29 is 17.9 Å². The van der Waals surface area contributed by atoms with Crippen molar-refractivity contribution in [2.75, 3.05) is 0 Å². The number of pyridine rings is 1. The van der Waals surface area contributed by atoms with Crippen LogP contribution in [0.1, 0.15) is 5.69 Å². The molecular weight excluding hydrogens is 243 g/mol. The van der Waals surface area contributed by atoms with Crippen LogP contribution in [-0.4, -0.2) is 11.3 Å². The summed E-state index contributed by atoms with van der Waals surface area (Å²) in [5.41, 5.74) is 1.75. The van der Waals surface area contributed by atoms with E-state index >= 15 is 0 Å². The molecule has 0 fully saturated rings. The lowest BCUT2D eigenvalue weighted by molar-refractivity contribution is -0.274. The Hall–Kier alpha value is -2.04. The molecule has 18 heavy (non-hydrogen) atoms. The Morgan fingerprint density at radius 2 is 1.78 bits per heavy atom. The molecule has 1 aromatic heterocycles. The van der Waals surface area contributed by atoms with Crippen LogP contribution in [0.15, 0.2) is 42.6 Å². The molecule has 5 heteroatoms. The van der Waals surface area contributed by atoms with Gasteiger partial charge in [0, 0.05) is 23.0 Å². The van der Waals surface area contributed by atoms with E-state index in [4.69, 9.17) is 0 Å². The molecule has 2 nitrogen and oxygen atoms in total. The van der Waals surface area contributed by atoms with Crippen LogP contribution in [0, 0.1) is 6.92 Å². The topological polar surface area (TPSA) is 22.1 Å². The Bertz CT molecular complexity index is 535. The third-order valence-electron chi connectivity index (χ3n) is 2.34. The molecule has 1 heterocycles. The zero-order chi connectivity index (χ0) is 13.2. The number of para-hydroxylation sites is 1. The van der Waals surface area contributed by atoms with E-state index in [1.54, 1.807) is 24.3 Å². The summed E-state index contributed by atoms with van der Waals surface area (Å²) < 4.78 is 40.8. The van der Waals surface area contributed by atoms with Gasteiger partial charge in [-0.05, 0) is 19.1 Å². The summed E-state index contributed by atoms with van der Waals surface area (Å²) in [7, 11) is 0. The molecule has 0 N–H and O–H groups in total. The average molecular weight is 253 g/mol. The predicted molar refractivity (Wildman–Crippen MR) is 61.1 cm³/mol. The maximum absolute atomic E-state index is 12.3. The summed E-state index contributed by atoms with van der Waals surface area (Å²) in [5.74, 6) is -0.226. The van der Waals surface area contributed by atoms with E-state index in [-0.39, 0.29) is 5.75 Å². The Morgan fingerprint density at radius 1 is 1.06 bits per heavy atom. The lowest BCUT2D eigenvalue weighted by Gasteiger charge is -2.13. The van der Waals surface area contributed by atoms with E-state index < -0.39 is 6.36 Å². The zero-order valence-corrected chi connectivity index (χ0v) is 9.53. The van der Waals surface area contributed by atoms with Gasteiger partial charge < -0.3 is 4.74 Å². The fourth-order valence-corrected chi connectivity index (χ4v) is 1.55. The van der Waals surface area contributed by atoms with Crippen molar-refractivity contribution in [3.8, 4) is 16.9 Å². The highest BCUT2D eigenvalue weighted by Crippen LogP contribution is 2.33. The number of nitrogens with zero attached hydrogens (tertiary/aromatic N) is 1. The monoisotopic (exact) mass is 253 g/mol. The number of hydrogen-bond donors (Lipinski definition) is 0. The molecule has 0 bridgehead atoms. The molecule has 2 aromatic rings. The normalized spacial score (nSPS) is 11.3. The highest BCUT2D eigenvalue weighted by Gasteiger charge is 2.32.